The number of benzene rings is 1. The molecule has 33 heavy (non-hydrogen) atoms. The second-order valence-electron chi connectivity index (χ2n) is 7.14. The molecule has 3 heterocycles. The van der Waals surface area contributed by atoms with E-state index in [1.165, 1.54) is 29.1 Å². The Bertz CT molecular complexity index is 1270. The maximum absolute atomic E-state index is 14.6. The molecule has 1 aliphatic rings. The van der Waals surface area contributed by atoms with Crippen LogP contribution in [0.5, 0.6) is 0 Å². The summed E-state index contributed by atoms with van der Waals surface area (Å²) in [6.45, 7) is 1.31. The summed E-state index contributed by atoms with van der Waals surface area (Å²) >= 11 is 6.24. The fourth-order valence-electron chi connectivity index (χ4n) is 3.52. The minimum Gasteiger partial charge on any atom is -0.395 e. The van der Waals surface area contributed by atoms with Crippen LogP contribution in [0.4, 0.5) is 17.6 Å². The molecule has 7 nitrogen and oxygen atoms in total. The van der Waals surface area contributed by atoms with Crippen molar-refractivity contribution in [3.63, 3.8) is 0 Å². The molecule has 0 aliphatic carbocycles. The molecule has 0 unspecified atom stereocenters. The zero-order valence-corrected chi connectivity index (χ0v) is 17.7. The van der Waals surface area contributed by atoms with Gasteiger partial charge in [0.05, 0.1) is 28.6 Å². The number of aliphatic imine (C=N–C) groups is 1. The Balaban J connectivity index is 2.00. The molecule has 3 aromatic rings. The van der Waals surface area contributed by atoms with Crippen LogP contribution in [0.25, 0.3) is 5.69 Å². The lowest BCUT2D eigenvalue weighted by Gasteiger charge is -2.17. The number of aromatic nitrogens is 3. The van der Waals surface area contributed by atoms with Crippen LogP contribution in [0, 0.1) is 5.82 Å². The number of carbonyl (C=O) groups is 1. The molecule has 172 valence electrons. The number of alkyl halides is 3. The molecule has 2 N–H and O–H groups in total. The largest absolute Gasteiger partial charge is 0.417 e. The van der Waals surface area contributed by atoms with Crippen LogP contribution in [-0.4, -0.2) is 44.4 Å². The van der Waals surface area contributed by atoms with E-state index in [2.05, 4.69) is 20.3 Å². The van der Waals surface area contributed by atoms with Gasteiger partial charge in [0.15, 0.2) is 5.82 Å². The van der Waals surface area contributed by atoms with Crippen molar-refractivity contribution < 1.29 is 27.5 Å². The Morgan fingerprint density at radius 3 is 2.73 bits per heavy atom. The fourth-order valence-corrected chi connectivity index (χ4v) is 3.87. The molecule has 12 heteroatoms. The number of halogens is 5. The highest BCUT2D eigenvalue weighted by atomic mass is 35.5. The second-order valence-corrected chi connectivity index (χ2v) is 7.52. The van der Waals surface area contributed by atoms with Gasteiger partial charge < -0.3 is 15.0 Å². The third-order valence-electron chi connectivity index (χ3n) is 4.96. The summed E-state index contributed by atoms with van der Waals surface area (Å²) in [4.78, 5) is 25.0. The Morgan fingerprint density at radius 1 is 1.30 bits per heavy atom. The highest BCUT2D eigenvalue weighted by molar-refractivity contribution is 6.37. The van der Waals surface area contributed by atoms with Crippen LogP contribution in [-0.2, 0) is 6.18 Å². The van der Waals surface area contributed by atoms with Crippen LogP contribution in [0.15, 0.2) is 41.7 Å². The van der Waals surface area contributed by atoms with Crippen molar-refractivity contribution in [2.75, 3.05) is 13.2 Å². The Hall–Kier alpha value is -3.31. The van der Waals surface area contributed by atoms with Gasteiger partial charge in [-0.2, -0.15) is 13.2 Å². The highest BCUT2D eigenvalue weighted by Crippen LogP contribution is 2.41. The molecule has 0 fully saturated rings. The predicted octanol–water partition coefficient (Wildman–Crippen LogP) is 3.71. The lowest BCUT2D eigenvalue weighted by atomic mass is 10.00. The summed E-state index contributed by atoms with van der Waals surface area (Å²) in [5.41, 5.74) is -1.64. The van der Waals surface area contributed by atoms with Gasteiger partial charge in [-0.25, -0.2) is 9.37 Å². The van der Waals surface area contributed by atoms with Crippen LogP contribution >= 0.6 is 11.6 Å². The highest BCUT2D eigenvalue weighted by Gasteiger charge is 2.38. The molecule has 4 rings (SSSR count). The van der Waals surface area contributed by atoms with Crippen LogP contribution in [0.2, 0.25) is 5.02 Å². The fraction of sp³-hybridized carbons (Fsp3) is 0.238. The van der Waals surface area contributed by atoms with E-state index >= 15 is 0 Å². The van der Waals surface area contributed by atoms with Crippen molar-refractivity contribution in [3.05, 3.63) is 75.8 Å². The zero-order valence-electron chi connectivity index (χ0n) is 17.0. The summed E-state index contributed by atoms with van der Waals surface area (Å²) < 4.78 is 56.9. The number of fused-ring (bicyclic) bond motifs is 3. The number of aliphatic hydroxyl groups excluding tert-OH is 1. The van der Waals surface area contributed by atoms with E-state index in [1.807, 2.05) is 0 Å². The normalized spacial score (nSPS) is 15.4. The molecule has 1 atom stereocenters. The van der Waals surface area contributed by atoms with E-state index in [9.17, 15) is 22.4 Å². The first-order valence-electron chi connectivity index (χ1n) is 9.71. The van der Waals surface area contributed by atoms with E-state index in [1.54, 1.807) is 6.92 Å². The quantitative estimate of drug-likeness (QED) is 0.556. The smallest absolute Gasteiger partial charge is 0.395 e. The van der Waals surface area contributed by atoms with Gasteiger partial charge >= 0.3 is 6.18 Å². The van der Waals surface area contributed by atoms with E-state index in [-0.39, 0.29) is 47.3 Å². The molecule has 0 saturated heterocycles. The number of aliphatic hydroxyl groups is 1. The van der Waals surface area contributed by atoms with Crippen LogP contribution < -0.4 is 5.32 Å². The number of nitrogens with one attached hydrogen (secondary N) is 1. The van der Waals surface area contributed by atoms with Gasteiger partial charge in [0.25, 0.3) is 5.91 Å². The van der Waals surface area contributed by atoms with Crippen molar-refractivity contribution >= 4 is 23.2 Å². The summed E-state index contributed by atoms with van der Waals surface area (Å²) in [6, 6.07) is 3.64. The number of hydrogen-bond acceptors (Lipinski definition) is 5. The molecule has 0 radical (unpaired) electrons. The Labute approximate surface area is 189 Å². The van der Waals surface area contributed by atoms with Gasteiger partial charge in [-0.05, 0) is 31.2 Å². The lowest BCUT2D eigenvalue weighted by Crippen LogP contribution is -2.26. The van der Waals surface area contributed by atoms with E-state index in [4.69, 9.17) is 16.7 Å². The number of amides is 1. The maximum Gasteiger partial charge on any atom is 0.417 e. The van der Waals surface area contributed by atoms with Crippen molar-refractivity contribution in [1.82, 2.24) is 19.9 Å². The van der Waals surface area contributed by atoms with Crippen molar-refractivity contribution in [2.24, 2.45) is 4.99 Å². The van der Waals surface area contributed by atoms with Gasteiger partial charge in [0, 0.05) is 24.5 Å². The summed E-state index contributed by atoms with van der Waals surface area (Å²) in [6.07, 6.45) is -2.15. The van der Waals surface area contributed by atoms with Gasteiger partial charge in [0.1, 0.15) is 23.3 Å². The van der Waals surface area contributed by atoms with E-state index in [0.717, 1.165) is 12.1 Å². The third kappa shape index (κ3) is 4.09. The molecule has 0 spiro atoms. The van der Waals surface area contributed by atoms with Gasteiger partial charge in [-0.3, -0.25) is 14.8 Å². The topological polar surface area (TPSA) is 92.4 Å². The number of carbonyl (C=O) groups excluding carboxylic acids is 1. The second kappa shape index (κ2) is 8.56. The number of pyridine rings is 1. The minimum atomic E-state index is -4.77. The number of imidazole rings is 1. The predicted molar refractivity (Wildman–Crippen MR) is 111 cm³/mol. The monoisotopic (exact) mass is 481 g/mol. The molecule has 1 aromatic carbocycles. The zero-order chi connectivity index (χ0) is 23.9. The number of rotatable bonds is 4. The van der Waals surface area contributed by atoms with E-state index in [0.29, 0.717) is 0 Å². The average Bonchev–Trinajstić information content (AvgIpc) is 3.17. The molecule has 0 bridgehead atoms. The van der Waals surface area contributed by atoms with Crippen molar-refractivity contribution in [1.29, 1.82) is 0 Å². The molecule has 1 amide bonds. The Morgan fingerprint density at radius 2 is 2.06 bits per heavy atom. The van der Waals surface area contributed by atoms with E-state index < -0.39 is 34.5 Å². The standard InChI is InChI=1S/C21H16ClF4N5O2/c1-10-19-30-13(20(33)28-7-8-32)9-31(19)14-5-4-11(21(24,25)26)16(22)15(14)18(29-10)17-12(23)3-2-6-27-17/h2-6,9-10,32H,7-8H2,1H3,(H,28,33)/t10-/m0/s1. The average molecular weight is 482 g/mol. The summed E-state index contributed by atoms with van der Waals surface area (Å²) in [7, 11) is 0. The molecular weight excluding hydrogens is 466 g/mol. The number of hydrogen-bond donors (Lipinski definition) is 2. The summed E-state index contributed by atoms with van der Waals surface area (Å²) in [5, 5.41) is 10.7. The number of nitrogens with zero attached hydrogens (tertiary/aromatic N) is 4. The first-order chi connectivity index (χ1) is 15.6. The first kappa shape index (κ1) is 22.9. The SMILES string of the molecule is C[C@@H]1N=C(c2ncccc2F)c2c(ccc(C(F)(F)F)c2Cl)-n2cc(C(=O)NCCO)nc21. The molecule has 0 saturated carbocycles. The van der Waals surface area contributed by atoms with Crippen LogP contribution in [0.3, 0.4) is 0 Å². The van der Waals surface area contributed by atoms with Gasteiger partial charge in [0.2, 0.25) is 0 Å². The lowest BCUT2D eigenvalue weighted by molar-refractivity contribution is -0.137. The van der Waals surface area contributed by atoms with Gasteiger partial charge in [-0.1, -0.05) is 11.6 Å². The maximum atomic E-state index is 14.6. The van der Waals surface area contributed by atoms with Crippen LogP contribution in [0.1, 0.15) is 46.1 Å². The van der Waals surface area contributed by atoms with Gasteiger partial charge in [-0.15, -0.1) is 0 Å². The van der Waals surface area contributed by atoms with Crippen molar-refractivity contribution in [3.8, 4) is 5.69 Å². The molecule has 1 aliphatic heterocycles. The minimum absolute atomic E-state index is 0.00477. The third-order valence-corrected chi connectivity index (χ3v) is 5.36. The summed E-state index contributed by atoms with van der Waals surface area (Å²) in [5.74, 6) is -1.14. The molecular formula is C21H16ClF4N5O2. The Kier molecular flexibility index (Phi) is 5.93. The first-order valence-corrected chi connectivity index (χ1v) is 10.1. The molecule has 2 aromatic heterocycles. The van der Waals surface area contributed by atoms with Crippen molar-refractivity contribution in [2.45, 2.75) is 19.1 Å².